The lowest BCUT2D eigenvalue weighted by molar-refractivity contribution is -0.120. The van der Waals surface area contributed by atoms with Gasteiger partial charge in [0.1, 0.15) is 0 Å². The Labute approximate surface area is 146 Å². The maximum Gasteiger partial charge on any atom is 0.251 e. The maximum absolute atomic E-state index is 12.2. The third-order valence-electron chi connectivity index (χ3n) is 4.08. The fourth-order valence-corrected chi connectivity index (χ4v) is 2.79. The van der Waals surface area contributed by atoms with E-state index in [4.69, 9.17) is 17.0 Å². The topological polar surface area (TPSA) is 79.5 Å². The molecule has 0 spiro atoms. The summed E-state index contributed by atoms with van der Waals surface area (Å²) in [6.45, 7) is 1.29. The number of ether oxygens (including phenoxy) is 1. The number of carbonyl (C=O) groups excluding carboxylic acids is 2. The van der Waals surface area contributed by atoms with Gasteiger partial charge in [-0.1, -0.05) is 6.07 Å². The van der Waals surface area contributed by atoms with Crippen molar-refractivity contribution in [1.29, 1.82) is 0 Å². The number of rotatable bonds is 5. The molecule has 0 bridgehead atoms. The Bertz CT molecular complexity index is 640. The van der Waals surface area contributed by atoms with Gasteiger partial charge < -0.3 is 20.7 Å². The van der Waals surface area contributed by atoms with Gasteiger partial charge in [0, 0.05) is 30.3 Å². The highest BCUT2D eigenvalue weighted by atomic mass is 32.1. The van der Waals surface area contributed by atoms with E-state index in [0.29, 0.717) is 17.8 Å². The molecule has 0 aromatic heterocycles. The minimum atomic E-state index is -0.151. The summed E-state index contributed by atoms with van der Waals surface area (Å²) in [5, 5.41) is 8.74. The van der Waals surface area contributed by atoms with Gasteiger partial charge in [-0.3, -0.25) is 9.59 Å². The molecule has 7 heteroatoms. The molecule has 2 fully saturated rings. The predicted octanol–water partition coefficient (Wildman–Crippen LogP) is 1.82. The molecule has 1 aromatic rings. The number of anilines is 1. The summed E-state index contributed by atoms with van der Waals surface area (Å²) in [7, 11) is 0. The maximum atomic E-state index is 12.2. The second kappa shape index (κ2) is 7.72. The van der Waals surface area contributed by atoms with Crippen LogP contribution in [0.4, 0.5) is 5.69 Å². The summed E-state index contributed by atoms with van der Waals surface area (Å²) in [4.78, 5) is 23.9. The number of nitrogens with one attached hydrogen (secondary N) is 3. The molecule has 0 radical (unpaired) electrons. The van der Waals surface area contributed by atoms with Gasteiger partial charge in [0.15, 0.2) is 5.11 Å². The van der Waals surface area contributed by atoms with Crippen molar-refractivity contribution in [2.45, 2.75) is 31.8 Å². The van der Waals surface area contributed by atoms with Crippen LogP contribution in [0.1, 0.15) is 36.0 Å². The largest absolute Gasteiger partial charge is 0.376 e. The molecule has 1 saturated heterocycles. The van der Waals surface area contributed by atoms with Gasteiger partial charge in [-0.05, 0) is 56.1 Å². The van der Waals surface area contributed by atoms with Crippen LogP contribution in [-0.2, 0) is 9.53 Å². The first-order chi connectivity index (χ1) is 11.6. The van der Waals surface area contributed by atoms with Crippen LogP contribution in [0.3, 0.4) is 0 Å². The third kappa shape index (κ3) is 4.75. The van der Waals surface area contributed by atoms with Crippen LogP contribution >= 0.6 is 12.2 Å². The van der Waals surface area contributed by atoms with Crippen LogP contribution in [-0.4, -0.2) is 36.2 Å². The lowest BCUT2D eigenvalue weighted by atomic mass is 10.1. The van der Waals surface area contributed by atoms with Gasteiger partial charge in [0.25, 0.3) is 5.91 Å². The number of amides is 2. The molecule has 24 heavy (non-hydrogen) atoms. The van der Waals surface area contributed by atoms with Gasteiger partial charge >= 0.3 is 0 Å². The minimum absolute atomic E-state index is 0.0436. The Morgan fingerprint density at radius 3 is 2.79 bits per heavy atom. The van der Waals surface area contributed by atoms with E-state index < -0.39 is 0 Å². The van der Waals surface area contributed by atoms with E-state index >= 15 is 0 Å². The Hall–Kier alpha value is -1.99. The molecule has 6 nitrogen and oxygen atoms in total. The summed E-state index contributed by atoms with van der Waals surface area (Å²) < 4.78 is 5.49. The summed E-state index contributed by atoms with van der Waals surface area (Å²) in [6.07, 6.45) is 3.99. The van der Waals surface area contributed by atoms with Crippen LogP contribution in [0.2, 0.25) is 0 Å². The molecule has 1 aliphatic carbocycles. The minimum Gasteiger partial charge on any atom is -0.376 e. The van der Waals surface area contributed by atoms with Crippen LogP contribution in [0, 0.1) is 5.92 Å². The Morgan fingerprint density at radius 1 is 1.25 bits per heavy atom. The fraction of sp³-hybridized carbons (Fsp3) is 0.471. The molecule has 0 unspecified atom stereocenters. The summed E-state index contributed by atoms with van der Waals surface area (Å²) in [5.41, 5.74) is 1.20. The van der Waals surface area contributed by atoms with Gasteiger partial charge in [-0.2, -0.15) is 0 Å². The molecular formula is C17H21N3O3S. The first-order valence-electron chi connectivity index (χ1n) is 8.23. The van der Waals surface area contributed by atoms with Crippen molar-refractivity contribution in [3.8, 4) is 0 Å². The Kier molecular flexibility index (Phi) is 5.42. The van der Waals surface area contributed by atoms with Crippen LogP contribution in [0.5, 0.6) is 0 Å². The molecule has 2 aliphatic rings. The average molecular weight is 347 g/mol. The standard InChI is InChI=1S/C17H21N3O3S/c21-15(18-10-14-5-2-8-23-14)12-3-1-4-13(9-12)19-17(24)20-16(22)11-6-7-11/h1,3-4,9,11,14H,2,5-8,10H2,(H,18,21)(H2,19,20,22,24)/t14-/m1/s1. The smallest absolute Gasteiger partial charge is 0.251 e. The molecule has 3 rings (SSSR count). The molecule has 1 atom stereocenters. The van der Waals surface area contributed by atoms with Crippen molar-refractivity contribution in [1.82, 2.24) is 10.6 Å². The first kappa shape index (κ1) is 16.9. The zero-order valence-corrected chi connectivity index (χ0v) is 14.2. The van der Waals surface area contributed by atoms with E-state index in [1.165, 1.54) is 0 Å². The van der Waals surface area contributed by atoms with E-state index in [1.54, 1.807) is 24.3 Å². The van der Waals surface area contributed by atoms with Crippen molar-refractivity contribution in [2.75, 3.05) is 18.5 Å². The molecule has 1 aromatic carbocycles. The van der Waals surface area contributed by atoms with E-state index in [1.807, 2.05) is 0 Å². The summed E-state index contributed by atoms with van der Waals surface area (Å²) in [5.74, 6) is -0.0975. The third-order valence-corrected chi connectivity index (χ3v) is 4.29. The molecule has 3 N–H and O–H groups in total. The van der Waals surface area contributed by atoms with Crippen molar-refractivity contribution >= 4 is 34.8 Å². The van der Waals surface area contributed by atoms with E-state index in [9.17, 15) is 9.59 Å². The molecule has 2 amide bonds. The van der Waals surface area contributed by atoms with Gasteiger partial charge in [0.05, 0.1) is 6.10 Å². The van der Waals surface area contributed by atoms with Crippen molar-refractivity contribution in [2.24, 2.45) is 5.92 Å². The number of thiocarbonyl (C=S) groups is 1. The molecule has 1 saturated carbocycles. The highest BCUT2D eigenvalue weighted by Crippen LogP contribution is 2.28. The molecule has 1 aliphatic heterocycles. The highest BCUT2D eigenvalue weighted by Gasteiger charge is 2.30. The lowest BCUT2D eigenvalue weighted by Crippen LogP contribution is -2.35. The van der Waals surface area contributed by atoms with Crippen LogP contribution < -0.4 is 16.0 Å². The van der Waals surface area contributed by atoms with Crippen molar-refractivity contribution in [3.63, 3.8) is 0 Å². The number of hydrogen-bond acceptors (Lipinski definition) is 4. The first-order valence-corrected chi connectivity index (χ1v) is 8.64. The van der Waals surface area contributed by atoms with Gasteiger partial charge in [0.2, 0.25) is 5.91 Å². The highest BCUT2D eigenvalue weighted by molar-refractivity contribution is 7.80. The quantitative estimate of drug-likeness (QED) is 0.708. The van der Waals surface area contributed by atoms with Crippen molar-refractivity contribution < 1.29 is 14.3 Å². The number of hydrogen-bond donors (Lipinski definition) is 3. The van der Waals surface area contributed by atoms with Crippen LogP contribution in [0.15, 0.2) is 24.3 Å². The molecule has 128 valence electrons. The monoisotopic (exact) mass is 347 g/mol. The Morgan fingerprint density at radius 2 is 2.08 bits per heavy atom. The SMILES string of the molecule is O=C(NC[C@H]1CCCO1)c1cccc(NC(=S)NC(=O)C2CC2)c1. The second-order valence-corrected chi connectivity index (χ2v) is 6.55. The van der Waals surface area contributed by atoms with Crippen molar-refractivity contribution in [3.05, 3.63) is 29.8 Å². The second-order valence-electron chi connectivity index (χ2n) is 6.14. The summed E-state index contributed by atoms with van der Waals surface area (Å²) >= 11 is 5.13. The fourth-order valence-electron chi connectivity index (χ4n) is 2.57. The van der Waals surface area contributed by atoms with E-state index in [0.717, 1.165) is 32.3 Å². The number of carbonyl (C=O) groups is 2. The van der Waals surface area contributed by atoms with Gasteiger partial charge in [-0.15, -0.1) is 0 Å². The predicted molar refractivity (Wildman–Crippen MR) is 94.8 cm³/mol. The van der Waals surface area contributed by atoms with Crippen LogP contribution in [0.25, 0.3) is 0 Å². The lowest BCUT2D eigenvalue weighted by Gasteiger charge is -2.12. The van der Waals surface area contributed by atoms with Gasteiger partial charge in [-0.25, -0.2) is 0 Å². The Balaban J connectivity index is 1.51. The van der Waals surface area contributed by atoms with E-state index in [-0.39, 0.29) is 28.9 Å². The normalized spacial score (nSPS) is 19.6. The molecule has 1 heterocycles. The van der Waals surface area contributed by atoms with E-state index in [2.05, 4.69) is 16.0 Å². The summed E-state index contributed by atoms with van der Waals surface area (Å²) in [6, 6.07) is 7.02. The molecular weight excluding hydrogens is 326 g/mol. The zero-order valence-electron chi connectivity index (χ0n) is 13.3. The number of benzene rings is 1. The zero-order chi connectivity index (χ0) is 16.9. The average Bonchev–Trinajstić information content (AvgIpc) is 3.29.